The van der Waals surface area contributed by atoms with Crippen molar-refractivity contribution in [1.29, 1.82) is 0 Å². The molecule has 2 fully saturated rings. The van der Waals surface area contributed by atoms with E-state index in [1.807, 2.05) is 12.1 Å². The first kappa shape index (κ1) is 9.28. The second-order valence-electron chi connectivity index (χ2n) is 4.69. The molecule has 2 bridgehead atoms. The minimum absolute atomic E-state index is 0.274. The molecule has 0 saturated carbocycles. The summed E-state index contributed by atoms with van der Waals surface area (Å²) in [5.41, 5.74) is 0.816. The van der Waals surface area contributed by atoms with Crippen molar-refractivity contribution in [1.82, 2.24) is 10.3 Å². The summed E-state index contributed by atoms with van der Waals surface area (Å²) in [5, 5.41) is 3.57. The van der Waals surface area contributed by atoms with Crippen LogP contribution in [-0.2, 0) is 0 Å². The summed E-state index contributed by atoms with van der Waals surface area (Å²) in [7, 11) is 0. The number of hydrogen-bond donors (Lipinski definition) is 1. The lowest BCUT2D eigenvalue weighted by molar-refractivity contribution is 0.354. The summed E-state index contributed by atoms with van der Waals surface area (Å²) in [6, 6.07) is 4.93. The van der Waals surface area contributed by atoms with E-state index in [-0.39, 0.29) is 5.95 Å². The van der Waals surface area contributed by atoms with Gasteiger partial charge < -0.3 is 5.32 Å². The molecule has 0 aliphatic carbocycles. The maximum absolute atomic E-state index is 13.5. The van der Waals surface area contributed by atoms with Crippen molar-refractivity contribution in [2.75, 3.05) is 0 Å². The third-order valence-electron chi connectivity index (χ3n) is 3.70. The molecule has 3 heteroatoms. The molecule has 15 heavy (non-hydrogen) atoms. The Morgan fingerprint density at radius 1 is 1.27 bits per heavy atom. The number of fused-ring (bicyclic) bond motifs is 2. The predicted octanol–water partition coefficient (Wildman–Crippen LogP) is 2.22. The van der Waals surface area contributed by atoms with Crippen molar-refractivity contribution in [3.05, 3.63) is 29.8 Å². The van der Waals surface area contributed by atoms with E-state index in [0.29, 0.717) is 18.0 Å². The van der Waals surface area contributed by atoms with Crippen LogP contribution in [0.2, 0.25) is 0 Å². The molecule has 0 spiro atoms. The molecule has 2 aliphatic heterocycles. The van der Waals surface area contributed by atoms with Gasteiger partial charge in [0.2, 0.25) is 5.95 Å². The molecule has 0 aromatic carbocycles. The number of pyridine rings is 1. The first-order chi connectivity index (χ1) is 7.33. The van der Waals surface area contributed by atoms with Gasteiger partial charge in [0.05, 0.1) is 0 Å². The van der Waals surface area contributed by atoms with Crippen LogP contribution in [0.25, 0.3) is 0 Å². The van der Waals surface area contributed by atoms with Gasteiger partial charge in [0, 0.05) is 23.8 Å². The minimum atomic E-state index is -0.274. The van der Waals surface area contributed by atoms with Crippen molar-refractivity contribution >= 4 is 0 Å². The van der Waals surface area contributed by atoms with E-state index in [1.165, 1.54) is 19.0 Å². The fourth-order valence-electron chi connectivity index (χ4n) is 3.01. The molecule has 1 aromatic rings. The zero-order chi connectivity index (χ0) is 10.3. The van der Waals surface area contributed by atoms with E-state index < -0.39 is 0 Å². The fraction of sp³-hybridized carbons (Fsp3) is 0.583. The molecule has 1 unspecified atom stereocenters. The Kier molecular flexibility index (Phi) is 2.20. The van der Waals surface area contributed by atoms with Gasteiger partial charge in [-0.1, -0.05) is 6.07 Å². The van der Waals surface area contributed by atoms with E-state index in [2.05, 4.69) is 10.3 Å². The molecule has 3 atom stereocenters. The van der Waals surface area contributed by atoms with Gasteiger partial charge >= 0.3 is 0 Å². The van der Waals surface area contributed by atoms with E-state index in [9.17, 15) is 4.39 Å². The topological polar surface area (TPSA) is 24.9 Å². The summed E-state index contributed by atoms with van der Waals surface area (Å²) >= 11 is 0. The Balaban J connectivity index is 1.86. The molecule has 1 aromatic heterocycles. The van der Waals surface area contributed by atoms with Crippen LogP contribution in [0.15, 0.2) is 18.3 Å². The average Bonchev–Trinajstić information content (AvgIpc) is 2.58. The molecule has 0 radical (unpaired) electrons. The highest BCUT2D eigenvalue weighted by Gasteiger charge is 2.34. The van der Waals surface area contributed by atoms with Crippen molar-refractivity contribution in [2.45, 2.75) is 43.7 Å². The highest BCUT2D eigenvalue weighted by molar-refractivity contribution is 5.19. The molecular weight excluding hydrogens is 191 g/mol. The highest BCUT2D eigenvalue weighted by Crippen LogP contribution is 2.37. The largest absolute Gasteiger partial charge is 0.311 e. The Hall–Kier alpha value is -0.960. The lowest BCUT2D eigenvalue weighted by Gasteiger charge is -2.29. The summed E-state index contributed by atoms with van der Waals surface area (Å²) in [5.74, 6) is 0.0984. The SMILES string of the molecule is Fc1ncccc1C1C[C@H]2CC[C@@H](C1)N2. The maximum atomic E-state index is 13.5. The third-order valence-corrected chi connectivity index (χ3v) is 3.70. The summed E-state index contributed by atoms with van der Waals surface area (Å²) in [6.45, 7) is 0. The second-order valence-corrected chi connectivity index (χ2v) is 4.69. The summed E-state index contributed by atoms with van der Waals surface area (Å²) < 4.78 is 13.5. The average molecular weight is 206 g/mol. The van der Waals surface area contributed by atoms with E-state index in [4.69, 9.17) is 0 Å². The monoisotopic (exact) mass is 206 g/mol. The van der Waals surface area contributed by atoms with Crippen molar-refractivity contribution in [3.8, 4) is 0 Å². The second kappa shape index (κ2) is 3.56. The van der Waals surface area contributed by atoms with Gasteiger partial charge in [-0.05, 0) is 37.7 Å². The Labute approximate surface area is 88.9 Å². The number of aromatic nitrogens is 1. The zero-order valence-electron chi connectivity index (χ0n) is 8.62. The van der Waals surface area contributed by atoms with Gasteiger partial charge in [0.15, 0.2) is 0 Å². The van der Waals surface area contributed by atoms with Gasteiger partial charge in [-0.25, -0.2) is 4.98 Å². The summed E-state index contributed by atoms with van der Waals surface area (Å²) in [6.07, 6.45) is 6.17. The van der Waals surface area contributed by atoms with Gasteiger partial charge in [0.1, 0.15) is 0 Å². The molecule has 2 saturated heterocycles. The summed E-state index contributed by atoms with van der Waals surface area (Å²) in [4.78, 5) is 3.74. The van der Waals surface area contributed by atoms with Crippen LogP contribution in [-0.4, -0.2) is 17.1 Å². The number of rotatable bonds is 1. The van der Waals surface area contributed by atoms with Crippen LogP contribution >= 0.6 is 0 Å². The van der Waals surface area contributed by atoms with Crippen LogP contribution in [0.4, 0.5) is 4.39 Å². The van der Waals surface area contributed by atoms with Gasteiger partial charge in [-0.15, -0.1) is 0 Å². The van der Waals surface area contributed by atoms with E-state index >= 15 is 0 Å². The van der Waals surface area contributed by atoms with Crippen LogP contribution in [0.1, 0.15) is 37.2 Å². The van der Waals surface area contributed by atoms with E-state index in [1.54, 1.807) is 0 Å². The van der Waals surface area contributed by atoms with Crippen molar-refractivity contribution in [3.63, 3.8) is 0 Å². The number of nitrogens with zero attached hydrogens (tertiary/aromatic N) is 1. The van der Waals surface area contributed by atoms with Gasteiger partial charge in [-0.3, -0.25) is 0 Å². The lowest BCUT2D eigenvalue weighted by Crippen LogP contribution is -2.37. The van der Waals surface area contributed by atoms with Crippen LogP contribution in [0, 0.1) is 5.95 Å². The first-order valence-corrected chi connectivity index (χ1v) is 5.69. The van der Waals surface area contributed by atoms with Crippen molar-refractivity contribution < 1.29 is 4.39 Å². The number of halogens is 1. The molecule has 2 nitrogen and oxygen atoms in total. The molecule has 0 amide bonds. The maximum Gasteiger partial charge on any atom is 0.216 e. The molecule has 3 rings (SSSR count). The van der Waals surface area contributed by atoms with Crippen LogP contribution in [0.3, 0.4) is 0 Å². The minimum Gasteiger partial charge on any atom is -0.311 e. The number of piperidine rings is 1. The number of nitrogens with one attached hydrogen (secondary N) is 1. The molecular formula is C12H15FN2. The van der Waals surface area contributed by atoms with Crippen LogP contribution < -0.4 is 5.32 Å². The van der Waals surface area contributed by atoms with Gasteiger partial charge in [0.25, 0.3) is 0 Å². The molecule has 1 N–H and O–H groups in total. The van der Waals surface area contributed by atoms with Crippen LogP contribution in [0.5, 0.6) is 0 Å². The smallest absolute Gasteiger partial charge is 0.216 e. The highest BCUT2D eigenvalue weighted by atomic mass is 19.1. The van der Waals surface area contributed by atoms with Gasteiger partial charge in [-0.2, -0.15) is 4.39 Å². The third kappa shape index (κ3) is 1.65. The predicted molar refractivity (Wildman–Crippen MR) is 56.1 cm³/mol. The van der Waals surface area contributed by atoms with E-state index in [0.717, 1.165) is 18.4 Å². The number of hydrogen-bond acceptors (Lipinski definition) is 2. The molecule has 2 aliphatic rings. The zero-order valence-corrected chi connectivity index (χ0v) is 8.62. The quantitative estimate of drug-likeness (QED) is 0.713. The Morgan fingerprint density at radius 3 is 2.67 bits per heavy atom. The standard InChI is InChI=1S/C12H15FN2/c13-12-11(2-1-5-14-12)8-6-9-3-4-10(7-8)15-9/h1-2,5,8-10,15H,3-4,6-7H2/t8?,9-,10+. The Bertz CT molecular complexity index is 354. The molecule has 3 heterocycles. The molecule has 80 valence electrons. The fourth-order valence-corrected chi connectivity index (χ4v) is 3.01. The lowest BCUT2D eigenvalue weighted by atomic mass is 9.87. The Morgan fingerprint density at radius 2 is 2.00 bits per heavy atom. The normalized spacial score (nSPS) is 34.3. The first-order valence-electron chi connectivity index (χ1n) is 5.69. The van der Waals surface area contributed by atoms with Crippen molar-refractivity contribution in [2.24, 2.45) is 0 Å².